The third kappa shape index (κ3) is 4.09. The molecule has 0 spiro atoms. The van der Waals surface area contributed by atoms with Crippen molar-refractivity contribution in [3.63, 3.8) is 0 Å². The molecule has 6 aliphatic rings. The molecule has 0 amide bonds. The van der Waals surface area contributed by atoms with E-state index in [9.17, 15) is 40.6 Å². The average Bonchev–Trinajstić information content (AvgIpc) is 3.46. The van der Waals surface area contributed by atoms with Crippen LogP contribution in [0.1, 0.15) is 65.2 Å². The Labute approximate surface area is 238 Å². The van der Waals surface area contributed by atoms with E-state index in [4.69, 9.17) is 14.2 Å². The fourth-order valence-corrected chi connectivity index (χ4v) is 9.94. The number of rotatable bonds is 4. The number of carbonyl (C=O) groups excluding carboxylic acids is 1. The topological polar surface area (TPSA) is 199 Å². The molecule has 12 heteroatoms. The van der Waals surface area contributed by atoms with Crippen LogP contribution in [0.4, 0.5) is 0 Å². The smallest absolute Gasteiger partial charge is 0.331 e. The summed E-state index contributed by atoms with van der Waals surface area (Å²) in [6, 6.07) is 0. The van der Waals surface area contributed by atoms with Crippen LogP contribution in [0.25, 0.3) is 0 Å². The molecule has 0 radical (unpaired) electrons. The molecule has 41 heavy (non-hydrogen) atoms. The maximum absolute atomic E-state index is 12.4. The molecule has 0 aromatic carbocycles. The molecule has 0 aromatic heterocycles. The summed E-state index contributed by atoms with van der Waals surface area (Å²) >= 11 is 0. The zero-order valence-electron chi connectivity index (χ0n) is 23.5. The van der Waals surface area contributed by atoms with Gasteiger partial charge in [-0.2, -0.15) is 0 Å². The van der Waals surface area contributed by atoms with Gasteiger partial charge in [0.15, 0.2) is 6.29 Å². The zero-order valence-corrected chi connectivity index (χ0v) is 23.5. The number of oxime groups is 1. The van der Waals surface area contributed by atoms with E-state index in [-0.39, 0.29) is 44.2 Å². The quantitative estimate of drug-likeness (QED) is 0.0774. The highest BCUT2D eigenvalue weighted by molar-refractivity contribution is 5.85. The van der Waals surface area contributed by atoms with Gasteiger partial charge in [-0.25, -0.2) is 4.79 Å². The maximum Gasteiger partial charge on any atom is 0.331 e. The Balaban J connectivity index is 1.28. The van der Waals surface area contributed by atoms with Gasteiger partial charge in [0.2, 0.25) is 0 Å². The number of hydrogen-bond donors (Lipinski definition) is 7. The first-order valence-corrected chi connectivity index (χ1v) is 14.8. The van der Waals surface area contributed by atoms with Crippen molar-refractivity contribution in [2.45, 2.75) is 119 Å². The lowest BCUT2D eigenvalue weighted by Crippen LogP contribution is -2.72. The van der Waals surface area contributed by atoms with Crippen molar-refractivity contribution in [3.05, 3.63) is 11.6 Å². The molecule has 4 saturated carbocycles. The van der Waals surface area contributed by atoms with Crippen LogP contribution >= 0.6 is 0 Å². The number of aliphatic hydroxyl groups excluding tert-OH is 4. The summed E-state index contributed by atoms with van der Waals surface area (Å²) in [6.45, 7) is 3.74. The van der Waals surface area contributed by atoms with Crippen LogP contribution in [0.2, 0.25) is 0 Å². The van der Waals surface area contributed by atoms with Crippen molar-refractivity contribution >= 4 is 12.2 Å². The van der Waals surface area contributed by atoms with Crippen LogP contribution in [0.5, 0.6) is 0 Å². The molecule has 6 rings (SSSR count). The van der Waals surface area contributed by atoms with Gasteiger partial charge in [-0.15, -0.1) is 5.16 Å². The summed E-state index contributed by atoms with van der Waals surface area (Å²) in [4.78, 5) is 11.8. The molecule has 5 fully saturated rings. The minimum Gasteiger partial charge on any atom is -0.458 e. The maximum atomic E-state index is 12.4. The van der Waals surface area contributed by atoms with Gasteiger partial charge in [0.25, 0.3) is 0 Å². The van der Waals surface area contributed by atoms with Crippen LogP contribution in [-0.2, 0) is 19.0 Å². The third-order valence-corrected chi connectivity index (χ3v) is 12.0. The van der Waals surface area contributed by atoms with Crippen molar-refractivity contribution in [2.24, 2.45) is 33.7 Å². The average molecular weight is 582 g/mol. The second-order valence-corrected chi connectivity index (χ2v) is 13.7. The van der Waals surface area contributed by atoms with Gasteiger partial charge in [0.1, 0.15) is 24.9 Å². The number of esters is 1. The molecule has 7 N–H and O–H groups in total. The first-order valence-electron chi connectivity index (χ1n) is 14.8. The Morgan fingerprint density at radius 1 is 1.02 bits per heavy atom. The summed E-state index contributed by atoms with van der Waals surface area (Å²) in [5.41, 5.74) is -3.65. The molecule has 0 bridgehead atoms. The van der Waals surface area contributed by atoms with Crippen LogP contribution < -0.4 is 0 Å². The first-order chi connectivity index (χ1) is 19.3. The van der Waals surface area contributed by atoms with Crippen molar-refractivity contribution < 1.29 is 54.9 Å². The molecular weight excluding hydrogens is 538 g/mol. The van der Waals surface area contributed by atoms with Gasteiger partial charge in [-0.1, -0.05) is 6.92 Å². The lowest BCUT2D eigenvalue weighted by Gasteiger charge is -2.67. The van der Waals surface area contributed by atoms with E-state index < -0.39 is 76.8 Å². The Kier molecular flexibility index (Phi) is 7.14. The molecule has 230 valence electrons. The highest BCUT2D eigenvalue weighted by Gasteiger charge is 2.73. The number of hydrogen-bond acceptors (Lipinski definition) is 12. The molecule has 2 heterocycles. The van der Waals surface area contributed by atoms with Gasteiger partial charge in [-0.3, -0.25) is 0 Å². The predicted octanol–water partition coefficient (Wildman–Crippen LogP) is -0.0181. The highest BCUT2D eigenvalue weighted by Crippen LogP contribution is 2.70. The van der Waals surface area contributed by atoms with Gasteiger partial charge in [0.05, 0.1) is 35.7 Å². The molecule has 0 aromatic rings. The van der Waals surface area contributed by atoms with Crippen molar-refractivity contribution in [1.82, 2.24) is 0 Å². The minimum absolute atomic E-state index is 0.0965. The Morgan fingerprint density at radius 2 is 1.78 bits per heavy atom. The van der Waals surface area contributed by atoms with E-state index >= 15 is 0 Å². The van der Waals surface area contributed by atoms with Gasteiger partial charge in [-0.05, 0) is 69.3 Å². The van der Waals surface area contributed by atoms with Crippen molar-refractivity contribution in [3.8, 4) is 0 Å². The van der Waals surface area contributed by atoms with E-state index in [0.717, 1.165) is 5.57 Å². The number of aliphatic hydroxyl groups is 6. The molecular formula is C29H43NO11. The van der Waals surface area contributed by atoms with E-state index in [1.807, 2.05) is 6.92 Å². The normalized spacial score (nSPS) is 55.2. The standard InChI is InChI=1S/C29H43NO11/c1-14-22(33)23(34)24(35)25(40-14)41-16-3-6-27(13-30-38)21-18(4-7-28(27,36)10-16)29(37)8-5-17(15-9-20(32)39-12-15)26(29,2)11-19(21)31/h9,13-14,16-19,21-25,31,33-38H,3-8,10-12H2,1-2H3/b30-13+/t14-,16-,17+,18-,19-,21-,22+,23-,24+,25+,26-,27+,28+,29+/m1/s1. The Hall–Kier alpha value is -1.64. The van der Waals surface area contributed by atoms with Crippen LogP contribution in [0, 0.1) is 28.6 Å². The van der Waals surface area contributed by atoms with E-state index in [0.29, 0.717) is 25.7 Å². The van der Waals surface area contributed by atoms with Crippen LogP contribution in [0.15, 0.2) is 16.8 Å². The molecule has 0 unspecified atom stereocenters. The van der Waals surface area contributed by atoms with E-state index in [2.05, 4.69) is 5.16 Å². The fourth-order valence-electron chi connectivity index (χ4n) is 9.94. The van der Waals surface area contributed by atoms with E-state index in [1.165, 1.54) is 12.3 Å². The van der Waals surface area contributed by atoms with Gasteiger partial charge < -0.3 is 50.1 Å². The Morgan fingerprint density at radius 3 is 2.46 bits per heavy atom. The molecule has 14 atom stereocenters. The number of ether oxygens (including phenoxy) is 3. The SMILES string of the molecule is C[C@H]1O[C@@H](O[C@@H]2CC[C@]3(/C=N/O)[C@H]4[C@H](O)C[C@]5(C)[C@H](C6=CC(=O)OC6)CC[C@]5(O)[C@@H]4CC[C@]3(O)C2)[C@@H](O)[C@H](O)[C@H]1O. The summed E-state index contributed by atoms with van der Waals surface area (Å²) in [6.07, 6.45) is -2.02. The largest absolute Gasteiger partial charge is 0.458 e. The fraction of sp³-hybridized carbons (Fsp3) is 0.862. The third-order valence-electron chi connectivity index (χ3n) is 12.0. The zero-order chi connectivity index (χ0) is 29.5. The molecule has 12 nitrogen and oxygen atoms in total. The van der Waals surface area contributed by atoms with Crippen LogP contribution in [-0.4, -0.2) is 109 Å². The monoisotopic (exact) mass is 581 g/mol. The lowest BCUT2D eigenvalue weighted by atomic mass is 9.41. The summed E-state index contributed by atoms with van der Waals surface area (Å²) in [5.74, 6) is -1.50. The second-order valence-electron chi connectivity index (χ2n) is 13.7. The summed E-state index contributed by atoms with van der Waals surface area (Å²) in [7, 11) is 0. The summed E-state index contributed by atoms with van der Waals surface area (Å²) < 4.78 is 16.8. The Bertz CT molecular complexity index is 1120. The van der Waals surface area contributed by atoms with Gasteiger partial charge in [0, 0.05) is 29.2 Å². The molecule has 2 aliphatic heterocycles. The molecule has 1 saturated heterocycles. The highest BCUT2D eigenvalue weighted by atomic mass is 16.7. The number of fused-ring (bicyclic) bond motifs is 5. The second kappa shape index (κ2) is 9.95. The predicted molar refractivity (Wildman–Crippen MR) is 140 cm³/mol. The van der Waals surface area contributed by atoms with E-state index in [1.54, 1.807) is 6.92 Å². The van der Waals surface area contributed by atoms with Crippen molar-refractivity contribution in [1.29, 1.82) is 0 Å². The van der Waals surface area contributed by atoms with Gasteiger partial charge >= 0.3 is 5.97 Å². The number of carbonyl (C=O) groups is 1. The summed E-state index contributed by atoms with van der Waals surface area (Å²) in [5, 5.41) is 80.4. The first kappa shape index (κ1) is 29.4. The van der Waals surface area contributed by atoms with Crippen molar-refractivity contribution in [2.75, 3.05) is 6.61 Å². The van der Waals surface area contributed by atoms with Crippen LogP contribution in [0.3, 0.4) is 0 Å². The number of nitrogens with zero attached hydrogens (tertiary/aromatic N) is 1. The lowest BCUT2D eigenvalue weighted by molar-refractivity contribution is -0.318. The molecule has 4 aliphatic carbocycles. The minimum atomic E-state index is -1.48. The number of cyclic esters (lactones) is 1.